The van der Waals surface area contributed by atoms with Crippen molar-refractivity contribution in [2.75, 3.05) is 0 Å². The lowest BCUT2D eigenvalue weighted by atomic mass is 10.0. The van der Waals surface area contributed by atoms with Gasteiger partial charge < -0.3 is 16.4 Å². The van der Waals surface area contributed by atoms with Crippen LogP contribution in [0.5, 0.6) is 0 Å². The van der Waals surface area contributed by atoms with Gasteiger partial charge in [0, 0.05) is 16.6 Å². The molecule has 3 amide bonds. The molecule has 110 valence electrons. The Hall–Kier alpha value is -1.46. The van der Waals surface area contributed by atoms with Gasteiger partial charge in [-0.1, -0.05) is 43.1 Å². The maximum atomic E-state index is 12.0. The van der Waals surface area contributed by atoms with E-state index in [0.29, 0.717) is 10.0 Å². The third kappa shape index (κ3) is 4.90. The minimum absolute atomic E-state index is 0.0804. The molecule has 20 heavy (non-hydrogen) atoms. The van der Waals surface area contributed by atoms with Gasteiger partial charge in [0.25, 0.3) is 0 Å². The minimum Gasteiger partial charge on any atom is -0.352 e. The van der Waals surface area contributed by atoms with Crippen LogP contribution in [0, 0.1) is 5.92 Å². The fourth-order valence-electron chi connectivity index (χ4n) is 1.65. The first-order chi connectivity index (χ1) is 9.31. The third-order valence-corrected chi connectivity index (χ3v) is 3.30. The van der Waals surface area contributed by atoms with Gasteiger partial charge in [-0.15, -0.1) is 0 Å². The monoisotopic (exact) mass is 317 g/mol. The predicted octanol–water partition coefficient (Wildman–Crippen LogP) is 2.30. The van der Waals surface area contributed by atoms with Gasteiger partial charge >= 0.3 is 6.03 Å². The summed E-state index contributed by atoms with van der Waals surface area (Å²) in [5.74, 6) is -0.395. The smallest absolute Gasteiger partial charge is 0.312 e. The Morgan fingerprint density at radius 1 is 1.30 bits per heavy atom. The maximum absolute atomic E-state index is 12.0. The van der Waals surface area contributed by atoms with Crippen LogP contribution in [-0.2, 0) is 11.3 Å². The molecule has 0 aliphatic rings. The molecular weight excluding hydrogens is 301 g/mol. The van der Waals surface area contributed by atoms with Crippen LogP contribution >= 0.6 is 23.2 Å². The summed E-state index contributed by atoms with van der Waals surface area (Å²) in [4.78, 5) is 22.9. The standard InChI is InChI=1S/C13H17Cl2N3O2/c1-7(2)11(18-13(16)20)12(19)17-6-8-3-4-9(14)5-10(8)15/h3-5,7,11H,6H2,1-2H3,(H,17,19)(H3,16,18,20). The minimum atomic E-state index is -0.733. The first-order valence-corrected chi connectivity index (χ1v) is 6.84. The number of amides is 3. The van der Waals surface area contributed by atoms with Crippen LogP contribution in [0.4, 0.5) is 4.79 Å². The summed E-state index contributed by atoms with van der Waals surface area (Å²) in [6, 6.07) is 3.61. The zero-order valence-corrected chi connectivity index (χ0v) is 12.8. The van der Waals surface area contributed by atoms with Gasteiger partial charge in [-0.2, -0.15) is 0 Å². The van der Waals surface area contributed by atoms with Crippen LogP contribution in [-0.4, -0.2) is 18.0 Å². The molecule has 0 fully saturated rings. The van der Waals surface area contributed by atoms with Gasteiger partial charge in [0.05, 0.1) is 0 Å². The molecule has 0 saturated carbocycles. The van der Waals surface area contributed by atoms with Crippen LogP contribution in [0.1, 0.15) is 19.4 Å². The van der Waals surface area contributed by atoms with Crippen molar-refractivity contribution >= 4 is 35.1 Å². The number of rotatable bonds is 5. The van der Waals surface area contributed by atoms with Crippen LogP contribution in [0.25, 0.3) is 0 Å². The Kier molecular flexibility index (Phi) is 6.10. The van der Waals surface area contributed by atoms with Crippen molar-refractivity contribution in [1.82, 2.24) is 10.6 Å². The number of urea groups is 1. The summed E-state index contributed by atoms with van der Waals surface area (Å²) in [7, 11) is 0. The van der Waals surface area contributed by atoms with E-state index in [1.165, 1.54) is 0 Å². The van der Waals surface area contributed by atoms with Gasteiger partial charge in [-0.25, -0.2) is 4.79 Å². The fourth-order valence-corrected chi connectivity index (χ4v) is 2.12. The second-order valence-electron chi connectivity index (χ2n) is 4.68. The van der Waals surface area contributed by atoms with E-state index in [1.807, 2.05) is 13.8 Å². The zero-order chi connectivity index (χ0) is 15.3. The molecule has 0 aromatic heterocycles. The molecule has 0 radical (unpaired) electrons. The van der Waals surface area contributed by atoms with Crippen molar-refractivity contribution < 1.29 is 9.59 Å². The Morgan fingerprint density at radius 2 is 1.95 bits per heavy atom. The molecule has 4 N–H and O–H groups in total. The van der Waals surface area contributed by atoms with Gasteiger partial charge in [-0.05, 0) is 23.6 Å². The molecule has 0 bridgehead atoms. The number of hydrogen-bond donors (Lipinski definition) is 3. The molecule has 0 saturated heterocycles. The van der Waals surface area contributed by atoms with Crippen molar-refractivity contribution in [3.63, 3.8) is 0 Å². The van der Waals surface area contributed by atoms with Crippen LogP contribution in [0.3, 0.4) is 0 Å². The molecule has 0 heterocycles. The Morgan fingerprint density at radius 3 is 2.45 bits per heavy atom. The summed E-state index contributed by atoms with van der Waals surface area (Å²) in [5, 5.41) is 6.12. The maximum Gasteiger partial charge on any atom is 0.312 e. The molecule has 1 aromatic rings. The van der Waals surface area contributed by atoms with Gasteiger partial charge in [0.1, 0.15) is 6.04 Å². The highest BCUT2D eigenvalue weighted by Crippen LogP contribution is 2.20. The second-order valence-corrected chi connectivity index (χ2v) is 5.53. The van der Waals surface area contributed by atoms with Gasteiger partial charge in [0.15, 0.2) is 0 Å². The quantitative estimate of drug-likeness (QED) is 0.778. The molecule has 1 atom stereocenters. The van der Waals surface area contributed by atoms with Crippen molar-refractivity contribution in [2.24, 2.45) is 11.7 Å². The van der Waals surface area contributed by atoms with Crippen LogP contribution in [0.2, 0.25) is 10.0 Å². The first-order valence-electron chi connectivity index (χ1n) is 6.09. The number of carbonyl (C=O) groups is 2. The Bertz CT molecular complexity index is 506. The van der Waals surface area contributed by atoms with E-state index in [4.69, 9.17) is 28.9 Å². The number of carbonyl (C=O) groups excluding carboxylic acids is 2. The van der Waals surface area contributed by atoms with Gasteiger partial charge in [-0.3, -0.25) is 4.79 Å². The average Bonchev–Trinajstić information content (AvgIpc) is 2.34. The summed E-state index contributed by atoms with van der Waals surface area (Å²) >= 11 is 11.8. The third-order valence-electron chi connectivity index (χ3n) is 2.72. The molecule has 1 unspecified atom stereocenters. The molecule has 1 rings (SSSR count). The average molecular weight is 318 g/mol. The van der Waals surface area contributed by atoms with Gasteiger partial charge in [0.2, 0.25) is 5.91 Å². The molecule has 7 heteroatoms. The molecule has 0 spiro atoms. The van der Waals surface area contributed by atoms with E-state index >= 15 is 0 Å². The van der Waals surface area contributed by atoms with Crippen molar-refractivity contribution in [3.05, 3.63) is 33.8 Å². The number of hydrogen-bond acceptors (Lipinski definition) is 2. The highest BCUT2D eigenvalue weighted by Gasteiger charge is 2.23. The normalized spacial score (nSPS) is 12.1. The summed E-state index contributed by atoms with van der Waals surface area (Å²) in [5.41, 5.74) is 5.79. The van der Waals surface area contributed by atoms with E-state index in [2.05, 4.69) is 10.6 Å². The van der Waals surface area contributed by atoms with Crippen molar-refractivity contribution in [3.8, 4) is 0 Å². The van der Waals surface area contributed by atoms with E-state index in [1.54, 1.807) is 18.2 Å². The van der Waals surface area contributed by atoms with E-state index < -0.39 is 12.1 Å². The number of benzene rings is 1. The Balaban J connectivity index is 2.67. The lowest BCUT2D eigenvalue weighted by Gasteiger charge is -2.20. The number of nitrogens with one attached hydrogen (secondary N) is 2. The molecule has 0 aliphatic carbocycles. The van der Waals surface area contributed by atoms with E-state index in [9.17, 15) is 9.59 Å². The number of nitrogens with two attached hydrogens (primary N) is 1. The molecule has 5 nitrogen and oxygen atoms in total. The van der Waals surface area contributed by atoms with Crippen LogP contribution in [0.15, 0.2) is 18.2 Å². The Labute approximate surface area is 127 Å². The highest BCUT2D eigenvalue weighted by molar-refractivity contribution is 6.35. The largest absolute Gasteiger partial charge is 0.352 e. The molecule has 0 aliphatic heterocycles. The lowest BCUT2D eigenvalue weighted by Crippen LogP contribution is -2.51. The van der Waals surface area contributed by atoms with Crippen molar-refractivity contribution in [1.29, 1.82) is 0 Å². The number of halogens is 2. The van der Waals surface area contributed by atoms with E-state index in [-0.39, 0.29) is 18.4 Å². The summed E-state index contributed by atoms with van der Waals surface area (Å²) in [6.45, 7) is 3.88. The predicted molar refractivity (Wildman–Crippen MR) is 79.7 cm³/mol. The van der Waals surface area contributed by atoms with Crippen LogP contribution < -0.4 is 16.4 Å². The zero-order valence-electron chi connectivity index (χ0n) is 11.2. The lowest BCUT2D eigenvalue weighted by molar-refractivity contribution is -0.124. The highest BCUT2D eigenvalue weighted by atomic mass is 35.5. The topological polar surface area (TPSA) is 84.2 Å². The number of primary amides is 1. The molecular formula is C13H17Cl2N3O2. The SMILES string of the molecule is CC(C)C(NC(N)=O)C(=O)NCc1ccc(Cl)cc1Cl. The summed E-state index contributed by atoms with van der Waals surface area (Å²) < 4.78 is 0. The van der Waals surface area contributed by atoms with E-state index in [0.717, 1.165) is 5.56 Å². The summed E-state index contributed by atoms with van der Waals surface area (Å²) in [6.07, 6.45) is 0. The van der Waals surface area contributed by atoms with Crippen molar-refractivity contribution in [2.45, 2.75) is 26.4 Å². The second kappa shape index (κ2) is 7.36. The molecule has 1 aromatic carbocycles. The fraction of sp³-hybridized carbons (Fsp3) is 0.385. The first kappa shape index (κ1) is 16.6.